The van der Waals surface area contributed by atoms with E-state index in [0.29, 0.717) is 81.4 Å². The first-order chi connectivity index (χ1) is 59.1. The van der Waals surface area contributed by atoms with Gasteiger partial charge in [-0.2, -0.15) is 0 Å². The van der Waals surface area contributed by atoms with Gasteiger partial charge < -0.3 is 15.5 Å². The van der Waals surface area contributed by atoms with Crippen LogP contribution in [-0.2, 0) is 20.3 Å². The van der Waals surface area contributed by atoms with Crippen LogP contribution in [0.4, 0.5) is 0 Å². The van der Waals surface area contributed by atoms with E-state index in [0.717, 1.165) is 0 Å². The molecule has 0 aromatic carbocycles. The molecular formula is C100H237Ge4N13O8Sb4Te9. The first-order valence-electron chi connectivity index (χ1n) is 48.1. The van der Waals surface area contributed by atoms with Gasteiger partial charge in [-0.1, -0.05) is 40.2 Å². The summed E-state index contributed by atoms with van der Waals surface area (Å²) in [5, 5.41) is 23.2. The van der Waals surface area contributed by atoms with Gasteiger partial charge in [-0.25, -0.2) is 0 Å². The summed E-state index contributed by atoms with van der Waals surface area (Å²) in [6.45, 7) is 97.8. The molecule has 0 aliphatic heterocycles. The Morgan fingerprint density at radius 2 is 0.543 bits per heavy atom. The summed E-state index contributed by atoms with van der Waals surface area (Å²) in [5.41, 5.74) is -1.01. The van der Waals surface area contributed by atoms with Crippen molar-refractivity contribution < 1.29 is 30.6 Å². The van der Waals surface area contributed by atoms with Gasteiger partial charge in [-0.3, -0.25) is 0 Å². The van der Waals surface area contributed by atoms with E-state index in [1.807, 2.05) is 139 Å². The average Bonchev–Trinajstić information content (AvgIpc) is 0.763. The molecule has 0 saturated carbocycles. The summed E-state index contributed by atoms with van der Waals surface area (Å²) in [7, 11) is 55.6. The molecule has 20 radical (unpaired) electrons. The summed E-state index contributed by atoms with van der Waals surface area (Å²) < 4.78 is 67.1. The van der Waals surface area contributed by atoms with Crippen LogP contribution >= 0.6 is 0 Å². The fourth-order valence-corrected chi connectivity index (χ4v) is 47.6. The Hall–Kier alpha value is 11.5. The molecule has 840 valence electrons. The minimum atomic E-state index is -3.10. The summed E-state index contributed by atoms with van der Waals surface area (Å²) in [4.78, 5) is 4.02. The Kier molecular flexibility index (Phi) is 122. The topological polar surface area (TPSA) is 147 Å². The Morgan fingerprint density at radius 1 is 0.362 bits per heavy atom. The Morgan fingerprint density at radius 3 is 0.667 bits per heavy atom. The van der Waals surface area contributed by atoms with Gasteiger partial charge >= 0.3 is 895 Å². The number of nitrogens with zero attached hydrogens (tertiary/aromatic N) is 12. The summed E-state index contributed by atoms with van der Waals surface area (Å²) in [6, 6.07) is 0. The standard InChI is InChI=1S/C20H46GeN3O2.2C14H28GeO2.C14H30O2.C8H24GeN4.C4H10Te.2C4H9Te.C4H8.C2H7N.5C2H6N.2CH3Te.4Sb.2HTe.2Te/c1-15(2)20(8,25)18(5)16(3)17(4)19(6,7)26-21(22(9)10,23(11)12)24(13)14;2*1-9(2)14(8,16)12(5)10(3)11(4)13(6,7)17-15;1-9(2)14(8,16)12(5)10(3)11(4)13(6,7)15;1-10(2)9(11(3)4,12(5)6)13(7)8;3*1-4(2,3)5;1-4(2)3;6*1-3-2;2*1-2;;;;;;;;/h15-18H,1-14H3;2*9-12H,1-8H3;9-12,15-16H,1-8H3;1-8H3;5H,1-3H3;2*1-3H3;1H2,2-3H3;3H,1-2H3;5*1-2H3;2*1H3;;;;;2*1H;;/q3*-1;;;;;;;;5*-1;;;2*+1;2*+3;;;;. The monoisotopic (exact) mass is 3700 g/mol. The number of aliphatic hydroxyl groups is 2. The van der Waals surface area contributed by atoms with Gasteiger partial charge in [0.2, 0.25) is 0 Å². The van der Waals surface area contributed by atoms with E-state index < -0.39 is 81.9 Å². The van der Waals surface area contributed by atoms with Gasteiger partial charge in [0.05, 0.1) is 11.2 Å². The van der Waals surface area contributed by atoms with Crippen LogP contribution in [0, 0.1) is 94.7 Å². The molecule has 0 aliphatic rings. The summed E-state index contributed by atoms with van der Waals surface area (Å²) in [5.74, 6) is 6.44. The van der Waals surface area contributed by atoms with E-state index in [1.165, 1.54) is 52.5 Å². The molecule has 0 spiro atoms. The first kappa shape index (κ1) is 188. The second kappa shape index (κ2) is 89.9. The smallest absolute Gasteiger partial charge is 0 e. The minimum Gasteiger partial charge on any atom is 0 e. The van der Waals surface area contributed by atoms with Crippen LogP contribution in [0.2, 0.25) is 20.3 Å². The van der Waals surface area contributed by atoms with Crippen molar-refractivity contribution >= 4 is 357 Å². The summed E-state index contributed by atoms with van der Waals surface area (Å²) >= 11 is 7.51. The number of nitrogens with one attached hydrogen (secondary N) is 1. The maximum atomic E-state index is 10.5. The van der Waals surface area contributed by atoms with Crippen molar-refractivity contribution in [1.82, 2.24) is 47.6 Å². The second-order valence-corrected chi connectivity index (χ2v) is 92.6. The quantitative estimate of drug-likeness (QED) is 0.0394. The molecule has 16 atom stereocenters. The van der Waals surface area contributed by atoms with Gasteiger partial charge in [-0.15, -0.1) is 6.58 Å². The van der Waals surface area contributed by atoms with Crippen LogP contribution in [0.1, 0.15) is 298 Å². The van der Waals surface area contributed by atoms with Crippen molar-refractivity contribution in [2.45, 2.75) is 363 Å². The minimum absolute atomic E-state index is 0. The van der Waals surface area contributed by atoms with Crippen molar-refractivity contribution in [3.05, 3.63) is 12.2 Å². The molecule has 0 fully saturated rings. The molecule has 0 rings (SSSR count). The fourth-order valence-electron chi connectivity index (χ4n) is 15.3. The normalized spacial score (nSPS) is 16.7. The summed E-state index contributed by atoms with van der Waals surface area (Å²) in [6.07, 6.45) is 0. The van der Waals surface area contributed by atoms with Gasteiger partial charge in [0.1, 0.15) is 0 Å². The number of rotatable bonds is 40. The number of hydrogen-bond acceptors (Lipinski definition) is 21. The van der Waals surface area contributed by atoms with E-state index in [1.54, 1.807) is 33.7 Å². The SMILES string of the molecule is C=C(C)C.CC(C(C)C(C)(C)O)C(C)C(C)(O)C(C)C.CC(C(C)C(C)(C)[O][Ge]([N](C)C)([N](C)C)[N](C)C)C(C)C(C)([O][Sb]([N](C)C)[N](C)C)C(C)C.CC(C(C)C(C)(C)[O][Ge])C(C)C(C)([O][Sb])C(C)C.CC(C(C)C(C)(C)[O][Ge])C(C)C(C)([O][Sb])C(C)C.CC(C)(C)[TeH].CC(C)(C)[Te].CC(C)(C)[Te].CNC.C[N](C)[Ge]([N](C)C)([N](C)C)[N](C)C.C[N](C)[Sb]([N](C)C)[N](C)C.C[Te].C[Te].[TeH].[TeH].[Te].[Te]. The van der Waals surface area contributed by atoms with Crippen molar-refractivity contribution in [2.75, 3.05) is 183 Å². The van der Waals surface area contributed by atoms with Gasteiger partial charge in [0, 0.05) is 47.3 Å². The van der Waals surface area contributed by atoms with Crippen LogP contribution in [-0.4, -0.2) is 638 Å². The first-order valence-corrected chi connectivity index (χ1v) is 74.3. The van der Waals surface area contributed by atoms with Crippen molar-refractivity contribution in [1.29, 1.82) is 0 Å². The Bertz CT molecular complexity index is 2630. The molecule has 0 saturated heterocycles. The van der Waals surface area contributed by atoms with Crippen molar-refractivity contribution in [3.63, 3.8) is 0 Å². The third-order valence-corrected chi connectivity index (χ3v) is 61.6. The van der Waals surface area contributed by atoms with Crippen LogP contribution in [0.3, 0.4) is 0 Å². The molecule has 3 N–H and O–H groups in total. The Labute approximate surface area is 1070 Å². The second-order valence-electron chi connectivity index (χ2n) is 46.5. The molecule has 38 heteroatoms. The van der Waals surface area contributed by atoms with E-state index in [9.17, 15) is 10.2 Å². The third-order valence-electron chi connectivity index (χ3n) is 26.5. The predicted molar refractivity (Wildman–Crippen MR) is 643 cm³/mol. The average molecular weight is 3680 g/mol. The van der Waals surface area contributed by atoms with Crippen LogP contribution in [0.15, 0.2) is 12.2 Å². The molecule has 0 aromatic heterocycles. The molecule has 138 heavy (non-hydrogen) atoms. The predicted octanol–water partition coefficient (Wildman–Crippen LogP) is 15.9. The van der Waals surface area contributed by atoms with Gasteiger partial charge in [0.15, 0.2) is 0 Å². The molecule has 21 nitrogen and oxygen atoms in total. The van der Waals surface area contributed by atoms with Gasteiger partial charge in [-0.05, 0) is 72.4 Å². The molecule has 0 amide bonds. The zero-order chi connectivity index (χ0) is 112. The molecular weight excluding hydrogens is 3440 g/mol. The van der Waals surface area contributed by atoms with Crippen LogP contribution in [0.5, 0.6) is 0 Å². The van der Waals surface area contributed by atoms with E-state index in [-0.39, 0.29) is 152 Å². The number of allylic oxidation sites excluding steroid dienone is 1. The fraction of sp³-hybridized carbons (Fsp3) is 0.980. The van der Waals surface area contributed by atoms with Crippen LogP contribution in [0.25, 0.3) is 0 Å². The molecule has 0 aromatic rings. The number of hydrogen-bond donors (Lipinski definition) is 3. The molecule has 0 bridgehead atoms. The molecule has 0 heterocycles. The van der Waals surface area contributed by atoms with E-state index in [2.05, 4.69) is 517 Å². The van der Waals surface area contributed by atoms with Crippen molar-refractivity contribution in [3.8, 4) is 0 Å². The zero-order valence-electron chi connectivity index (χ0n) is 104. The largest absolute Gasteiger partial charge is 0 e. The Balaban J connectivity index is -0.0000000822. The van der Waals surface area contributed by atoms with E-state index in [4.69, 9.17) is 20.3 Å². The third kappa shape index (κ3) is 78.7. The zero-order valence-corrected chi connectivity index (χ0v) is 144. The van der Waals surface area contributed by atoms with E-state index >= 15 is 0 Å². The van der Waals surface area contributed by atoms with Gasteiger partial charge in [0.25, 0.3) is 0 Å². The molecule has 0 aliphatic carbocycles. The van der Waals surface area contributed by atoms with Crippen molar-refractivity contribution in [2.24, 2.45) is 94.7 Å². The van der Waals surface area contributed by atoms with Crippen LogP contribution < -0.4 is 5.32 Å². The molecule has 16 unspecified atom stereocenters. The maximum Gasteiger partial charge on any atom is 0 e. The maximum absolute atomic E-state index is 10.5.